The molecule has 6 nitrogen and oxygen atoms in total. The summed E-state index contributed by atoms with van der Waals surface area (Å²) in [5.41, 5.74) is 0.759. The molecule has 2 atom stereocenters. The van der Waals surface area contributed by atoms with E-state index in [-0.39, 0.29) is 36.1 Å². The zero-order valence-electron chi connectivity index (χ0n) is 16.2. The first-order valence-corrected chi connectivity index (χ1v) is 9.55. The number of oxazole rings is 1. The van der Waals surface area contributed by atoms with Crippen LogP contribution in [0.3, 0.4) is 0 Å². The van der Waals surface area contributed by atoms with Crippen LogP contribution in [0.4, 0.5) is 0 Å². The van der Waals surface area contributed by atoms with Crippen LogP contribution in [-0.4, -0.2) is 33.8 Å². The number of nitrogens with one attached hydrogen (secondary N) is 1. The maximum atomic E-state index is 12.9. The second-order valence-corrected chi connectivity index (χ2v) is 7.04. The summed E-state index contributed by atoms with van der Waals surface area (Å²) in [6.07, 6.45) is 2.93. The van der Waals surface area contributed by atoms with E-state index in [1.165, 1.54) is 6.26 Å². The highest BCUT2D eigenvalue weighted by molar-refractivity contribution is 6.30. The van der Waals surface area contributed by atoms with E-state index >= 15 is 0 Å². The standard InChI is InChI=1S/C20H26ClN3O3/c1-5-13(3)22-19(25)17-12-27-18(23-17)11-24(14(4)6-2)20(26)15-7-9-16(21)10-8-15/h7-10,12-14H,5-6,11H2,1-4H3,(H,22,25)/t13-,14+/m0/s1. The first-order valence-electron chi connectivity index (χ1n) is 9.17. The monoisotopic (exact) mass is 391 g/mol. The van der Waals surface area contributed by atoms with Gasteiger partial charge >= 0.3 is 0 Å². The molecule has 27 heavy (non-hydrogen) atoms. The Labute approximate surface area is 164 Å². The van der Waals surface area contributed by atoms with Crippen LogP contribution in [0.2, 0.25) is 5.02 Å². The predicted molar refractivity (Wildman–Crippen MR) is 105 cm³/mol. The molecular formula is C20H26ClN3O3. The van der Waals surface area contributed by atoms with Gasteiger partial charge in [0.05, 0.1) is 6.54 Å². The maximum Gasteiger partial charge on any atom is 0.273 e. The van der Waals surface area contributed by atoms with Crippen molar-refractivity contribution in [2.45, 2.75) is 59.2 Å². The summed E-state index contributed by atoms with van der Waals surface area (Å²) >= 11 is 5.91. The zero-order valence-corrected chi connectivity index (χ0v) is 16.9. The van der Waals surface area contributed by atoms with Crippen LogP contribution in [0, 0.1) is 0 Å². The average molecular weight is 392 g/mol. The third kappa shape index (κ3) is 5.57. The minimum atomic E-state index is -0.279. The summed E-state index contributed by atoms with van der Waals surface area (Å²) in [5.74, 6) is -0.0878. The van der Waals surface area contributed by atoms with Crippen molar-refractivity contribution in [2.75, 3.05) is 0 Å². The maximum absolute atomic E-state index is 12.9. The Morgan fingerprint density at radius 2 is 1.85 bits per heavy atom. The zero-order chi connectivity index (χ0) is 20.0. The molecule has 1 aromatic carbocycles. The quantitative estimate of drug-likeness (QED) is 0.728. The first-order chi connectivity index (χ1) is 12.8. The number of aromatic nitrogens is 1. The first kappa shape index (κ1) is 21.0. The van der Waals surface area contributed by atoms with E-state index in [0.29, 0.717) is 16.5 Å². The summed E-state index contributed by atoms with van der Waals surface area (Å²) in [7, 11) is 0. The topological polar surface area (TPSA) is 75.4 Å². The van der Waals surface area contributed by atoms with Crippen LogP contribution in [0.15, 0.2) is 34.9 Å². The Morgan fingerprint density at radius 3 is 2.44 bits per heavy atom. The molecule has 7 heteroatoms. The van der Waals surface area contributed by atoms with Gasteiger partial charge in [0.15, 0.2) is 5.69 Å². The lowest BCUT2D eigenvalue weighted by Gasteiger charge is -2.27. The molecule has 0 spiro atoms. The van der Waals surface area contributed by atoms with Gasteiger partial charge in [0.25, 0.3) is 11.8 Å². The molecule has 0 saturated carbocycles. The normalized spacial score (nSPS) is 13.1. The molecule has 0 saturated heterocycles. The van der Waals surface area contributed by atoms with Crippen molar-refractivity contribution in [3.63, 3.8) is 0 Å². The molecule has 0 radical (unpaired) electrons. The highest BCUT2D eigenvalue weighted by Crippen LogP contribution is 2.17. The number of nitrogens with zero attached hydrogens (tertiary/aromatic N) is 2. The minimum absolute atomic E-state index is 0.0162. The third-order valence-corrected chi connectivity index (χ3v) is 4.81. The van der Waals surface area contributed by atoms with E-state index in [1.807, 2.05) is 27.7 Å². The number of halogens is 1. The van der Waals surface area contributed by atoms with Crippen molar-refractivity contribution in [1.82, 2.24) is 15.2 Å². The second-order valence-electron chi connectivity index (χ2n) is 6.61. The molecule has 0 aliphatic rings. The van der Waals surface area contributed by atoms with Crippen molar-refractivity contribution in [3.8, 4) is 0 Å². The fourth-order valence-corrected chi connectivity index (χ4v) is 2.57. The van der Waals surface area contributed by atoms with Crippen LogP contribution >= 0.6 is 11.6 Å². The molecule has 2 aromatic rings. The summed E-state index contributed by atoms with van der Waals surface area (Å²) in [5, 5.41) is 3.42. The molecule has 1 heterocycles. The van der Waals surface area contributed by atoms with Crippen LogP contribution in [0.1, 0.15) is 67.3 Å². The Kier molecular flexibility index (Phi) is 7.42. The fraction of sp³-hybridized carbons (Fsp3) is 0.450. The van der Waals surface area contributed by atoms with Crippen molar-refractivity contribution >= 4 is 23.4 Å². The molecule has 2 rings (SSSR count). The van der Waals surface area contributed by atoms with E-state index in [1.54, 1.807) is 29.2 Å². The largest absolute Gasteiger partial charge is 0.446 e. The van der Waals surface area contributed by atoms with Crippen LogP contribution < -0.4 is 5.32 Å². The van der Waals surface area contributed by atoms with Crippen molar-refractivity contribution in [3.05, 3.63) is 52.7 Å². The fourth-order valence-electron chi connectivity index (χ4n) is 2.44. The van der Waals surface area contributed by atoms with E-state index in [0.717, 1.165) is 12.8 Å². The molecule has 1 aromatic heterocycles. The Bertz CT molecular complexity index is 773. The van der Waals surface area contributed by atoms with Gasteiger partial charge in [0.1, 0.15) is 6.26 Å². The summed E-state index contributed by atoms with van der Waals surface area (Å²) in [6, 6.07) is 6.80. The lowest BCUT2D eigenvalue weighted by Crippen LogP contribution is -2.38. The Morgan fingerprint density at radius 1 is 1.19 bits per heavy atom. The van der Waals surface area contributed by atoms with Gasteiger partial charge in [-0.15, -0.1) is 0 Å². The third-order valence-electron chi connectivity index (χ3n) is 4.55. The number of carbonyl (C=O) groups excluding carboxylic acids is 2. The molecule has 0 bridgehead atoms. The van der Waals surface area contributed by atoms with E-state index in [4.69, 9.17) is 16.0 Å². The van der Waals surface area contributed by atoms with Crippen molar-refractivity contribution < 1.29 is 14.0 Å². The summed E-state index contributed by atoms with van der Waals surface area (Å²) < 4.78 is 5.44. The van der Waals surface area contributed by atoms with Gasteiger partial charge in [-0.2, -0.15) is 0 Å². The van der Waals surface area contributed by atoms with E-state index in [2.05, 4.69) is 10.3 Å². The molecule has 0 fully saturated rings. The number of benzene rings is 1. The van der Waals surface area contributed by atoms with Crippen LogP contribution in [0.25, 0.3) is 0 Å². The number of carbonyl (C=O) groups is 2. The minimum Gasteiger partial charge on any atom is -0.446 e. The Hall–Kier alpha value is -2.34. The van der Waals surface area contributed by atoms with Gasteiger partial charge in [-0.3, -0.25) is 9.59 Å². The number of rotatable bonds is 8. The smallest absolute Gasteiger partial charge is 0.273 e. The molecule has 146 valence electrons. The number of amides is 2. The van der Waals surface area contributed by atoms with Crippen molar-refractivity contribution in [1.29, 1.82) is 0 Å². The van der Waals surface area contributed by atoms with Crippen LogP contribution in [0.5, 0.6) is 0 Å². The molecule has 0 aliphatic heterocycles. The van der Waals surface area contributed by atoms with Gasteiger partial charge in [-0.05, 0) is 51.0 Å². The molecular weight excluding hydrogens is 366 g/mol. The van der Waals surface area contributed by atoms with Gasteiger partial charge < -0.3 is 14.6 Å². The lowest BCUT2D eigenvalue weighted by atomic mass is 10.1. The second kappa shape index (κ2) is 9.55. The number of hydrogen-bond acceptors (Lipinski definition) is 4. The van der Waals surface area contributed by atoms with Gasteiger partial charge in [-0.25, -0.2) is 4.98 Å². The van der Waals surface area contributed by atoms with E-state index in [9.17, 15) is 9.59 Å². The van der Waals surface area contributed by atoms with Crippen LogP contribution in [-0.2, 0) is 6.54 Å². The molecule has 0 unspecified atom stereocenters. The average Bonchev–Trinajstić information content (AvgIpc) is 3.14. The highest BCUT2D eigenvalue weighted by Gasteiger charge is 2.23. The Balaban J connectivity index is 2.16. The van der Waals surface area contributed by atoms with Gasteiger partial charge in [-0.1, -0.05) is 25.4 Å². The van der Waals surface area contributed by atoms with Crippen molar-refractivity contribution in [2.24, 2.45) is 0 Å². The van der Waals surface area contributed by atoms with E-state index < -0.39 is 0 Å². The SMILES string of the molecule is CC[C@@H](C)N(Cc1nc(C(=O)N[C@@H](C)CC)co1)C(=O)c1ccc(Cl)cc1. The van der Waals surface area contributed by atoms with Gasteiger partial charge in [0.2, 0.25) is 5.89 Å². The molecule has 0 aliphatic carbocycles. The highest BCUT2D eigenvalue weighted by atomic mass is 35.5. The number of hydrogen-bond donors (Lipinski definition) is 1. The molecule has 2 amide bonds. The lowest BCUT2D eigenvalue weighted by molar-refractivity contribution is 0.0652. The van der Waals surface area contributed by atoms with Gasteiger partial charge in [0, 0.05) is 22.7 Å². The summed E-state index contributed by atoms with van der Waals surface area (Å²) in [6.45, 7) is 8.08. The predicted octanol–water partition coefficient (Wildman–Crippen LogP) is 4.30. The molecule has 1 N–H and O–H groups in total. The summed E-state index contributed by atoms with van der Waals surface area (Å²) in [4.78, 5) is 31.0.